The van der Waals surface area contributed by atoms with Crippen molar-refractivity contribution in [3.05, 3.63) is 24.3 Å². The lowest BCUT2D eigenvalue weighted by Gasteiger charge is -2.23. The van der Waals surface area contributed by atoms with Crippen molar-refractivity contribution in [1.29, 1.82) is 0 Å². The van der Waals surface area contributed by atoms with Gasteiger partial charge in [0, 0.05) is 11.4 Å². The number of hydrogen-bond donors (Lipinski definition) is 3. The first kappa shape index (κ1) is 25.7. The molecular formula is C21H34Cl2N4O2. The molecule has 0 saturated carbocycles. The smallest absolute Gasteiger partial charge is 0.241 e. The standard InChI is InChI=1S/C21H32N4O2.2ClH/c26-20(16-25-14-6-2-1-3-7-15-25)23-17-9-11-18(12-10-17)24-21(27)19-8-4-5-13-22-19;;/h9-12,19,22H,1-8,13-16H2,(H,23,26)(H,24,27);2*1H/t19-;;/m1../s1. The summed E-state index contributed by atoms with van der Waals surface area (Å²) in [7, 11) is 0. The number of nitrogens with one attached hydrogen (secondary N) is 3. The average Bonchev–Trinajstić information content (AvgIpc) is 2.66. The summed E-state index contributed by atoms with van der Waals surface area (Å²) >= 11 is 0. The van der Waals surface area contributed by atoms with E-state index in [9.17, 15) is 9.59 Å². The minimum atomic E-state index is -0.101. The van der Waals surface area contributed by atoms with Gasteiger partial charge in [0.15, 0.2) is 0 Å². The number of halogens is 2. The molecule has 1 atom stereocenters. The minimum absolute atomic E-state index is 0. The fourth-order valence-electron chi connectivity index (χ4n) is 3.82. The van der Waals surface area contributed by atoms with Crippen LogP contribution in [0.1, 0.15) is 51.4 Å². The highest BCUT2D eigenvalue weighted by molar-refractivity contribution is 5.96. The van der Waals surface area contributed by atoms with Gasteiger partial charge in [0.2, 0.25) is 11.8 Å². The Morgan fingerprint density at radius 2 is 1.45 bits per heavy atom. The van der Waals surface area contributed by atoms with Crippen LogP contribution in [0.25, 0.3) is 0 Å². The minimum Gasteiger partial charge on any atom is -0.325 e. The number of anilines is 2. The molecular weight excluding hydrogens is 411 g/mol. The van der Waals surface area contributed by atoms with E-state index < -0.39 is 0 Å². The second-order valence-electron chi connectivity index (χ2n) is 7.66. The zero-order valence-electron chi connectivity index (χ0n) is 17.0. The average molecular weight is 445 g/mol. The highest BCUT2D eigenvalue weighted by atomic mass is 35.5. The van der Waals surface area contributed by atoms with Crippen molar-refractivity contribution in [2.24, 2.45) is 0 Å². The third kappa shape index (κ3) is 8.91. The summed E-state index contributed by atoms with van der Waals surface area (Å²) in [4.78, 5) is 26.8. The van der Waals surface area contributed by atoms with E-state index in [1.54, 1.807) is 0 Å². The molecule has 2 heterocycles. The number of piperidine rings is 1. The SMILES string of the molecule is Cl.Cl.O=C(CN1CCCCCCC1)Nc1ccc(NC(=O)[C@H]2CCCCN2)cc1. The first-order chi connectivity index (χ1) is 13.2. The molecule has 8 heteroatoms. The first-order valence-corrected chi connectivity index (χ1v) is 10.4. The molecule has 0 aromatic heterocycles. The highest BCUT2D eigenvalue weighted by Gasteiger charge is 2.20. The maximum absolute atomic E-state index is 12.3. The van der Waals surface area contributed by atoms with E-state index >= 15 is 0 Å². The van der Waals surface area contributed by atoms with Gasteiger partial charge in [-0.2, -0.15) is 0 Å². The van der Waals surface area contributed by atoms with Gasteiger partial charge >= 0.3 is 0 Å². The predicted octanol–water partition coefficient (Wildman–Crippen LogP) is 3.82. The predicted molar refractivity (Wildman–Crippen MR) is 123 cm³/mol. The zero-order chi connectivity index (χ0) is 18.9. The molecule has 0 aliphatic carbocycles. The summed E-state index contributed by atoms with van der Waals surface area (Å²) in [6, 6.07) is 7.26. The molecule has 0 spiro atoms. The van der Waals surface area contributed by atoms with Crippen LogP contribution in [0.15, 0.2) is 24.3 Å². The lowest BCUT2D eigenvalue weighted by molar-refractivity contribution is -0.119. The maximum atomic E-state index is 12.3. The number of carbonyl (C=O) groups excluding carboxylic acids is 2. The van der Waals surface area contributed by atoms with Gasteiger partial charge in [0.05, 0.1) is 12.6 Å². The van der Waals surface area contributed by atoms with Crippen molar-refractivity contribution in [3.8, 4) is 0 Å². The van der Waals surface area contributed by atoms with Crippen LogP contribution in [0, 0.1) is 0 Å². The largest absolute Gasteiger partial charge is 0.325 e. The summed E-state index contributed by atoms with van der Waals surface area (Å²) in [5, 5.41) is 9.16. The molecule has 2 aliphatic heterocycles. The lowest BCUT2D eigenvalue weighted by atomic mass is 10.0. The van der Waals surface area contributed by atoms with Gasteiger partial charge in [-0.15, -0.1) is 24.8 Å². The third-order valence-electron chi connectivity index (χ3n) is 5.38. The molecule has 2 saturated heterocycles. The van der Waals surface area contributed by atoms with Crippen LogP contribution in [0.5, 0.6) is 0 Å². The molecule has 1 aromatic carbocycles. The molecule has 2 amide bonds. The highest BCUT2D eigenvalue weighted by Crippen LogP contribution is 2.16. The topological polar surface area (TPSA) is 73.5 Å². The first-order valence-electron chi connectivity index (χ1n) is 10.4. The number of rotatable bonds is 5. The lowest BCUT2D eigenvalue weighted by Crippen LogP contribution is -2.43. The number of nitrogens with zero attached hydrogens (tertiary/aromatic N) is 1. The maximum Gasteiger partial charge on any atom is 0.241 e. The Bertz CT molecular complexity index is 614. The van der Waals surface area contributed by atoms with E-state index in [2.05, 4.69) is 20.9 Å². The molecule has 6 nitrogen and oxygen atoms in total. The van der Waals surface area contributed by atoms with Gasteiger partial charge in [-0.3, -0.25) is 14.5 Å². The van der Waals surface area contributed by atoms with Crippen LogP contribution in [0.2, 0.25) is 0 Å². The van der Waals surface area contributed by atoms with Crippen molar-refractivity contribution in [2.75, 3.05) is 36.8 Å². The fraction of sp³-hybridized carbons (Fsp3) is 0.619. The van der Waals surface area contributed by atoms with Gasteiger partial charge in [0.1, 0.15) is 0 Å². The number of hydrogen-bond acceptors (Lipinski definition) is 4. The zero-order valence-corrected chi connectivity index (χ0v) is 18.6. The Morgan fingerprint density at radius 1 is 0.862 bits per heavy atom. The van der Waals surface area contributed by atoms with E-state index in [4.69, 9.17) is 0 Å². The number of carbonyl (C=O) groups is 2. The van der Waals surface area contributed by atoms with Crippen LogP contribution in [0.3, 0.4) is 0 Å². The van der Waals surface area contributed by atoms with E-state index in [1.165, 1.54) is 32.1 Å². The quantitative estimate of drug-likeness (QED) is 0.645. The molecule has 1 aromatic rings. The monoisotopic (exact) mass is 444 g/mol. The molecule has 2 aliphatic rings. The van der Waals surface area contributed by atoms with Gasteiger partial charge < -0.3 is 16.0 Å². The molecule has 3 rings (SSSR count). The molecule has 0 unspecified atom stereocenters. The van der Waals surface area contributed by atoms with Crippen molar-refractivity contribution >= 4 is 48.0 Å². The number of benzene rings is 1. The molecule has 0 radical (unpaired) electrons. The van der Waals surface area contributed by atoms with E-state index in [-0.39, 0.29) is 42.7 Å². The summed E-state index contributed by atoms with van der Waals surface area (Å²) in [6.45, 7) is 3.37. The van der Waals surface area contributed by atoms with Crippen molar-refractivity contribution < 1.29 is 9.59 Å². The van der Waals surface area contributed by atoms with E-state index in [1.807, 2.05) is 24.3 Å². The van der Waals surface area contributed by atoms with Crippen LogP contribution < -0.4 is 16.0 Å². The number of likely N-dealkylation sites (tertiary alicyclic amines) is 1. The molecule has 0 bridgehead atoms. The van der Waals surface area contributed by atoms with E-state index in [0.29, 0.717) is 6.54 Å². The second kappa shape index (κ2) is 13.8. The molecule has 164 valence electrons. The van der Waals surface area contributed by atoms with Gasteiger partial charge in [-0.25, -0.2) is 0 Å². The Labute approximate surface area is 186 Å². The Morgan fingerprint density at radius 3 is 2.03 bits per heavy atom. The molecule has 29 heavy (non-hydrogen) atoms. The number of amides is 2. The van der Waals surface area contributed by atoms with Crippen molar-refractivity contribution in [1.82, 2.24) is 10.2 Å². The fourth-order valence-corrected chi connectivity index (χ4v) is 3.82. The normalized spacial score (nSPS) is 20.2. The van der Waals surface area contributed by atoms with Crippen LogP contribution in [0.4, 0.5) is 11.4 Å². The Kier molecular flexibility index (Phi) is 12.2. The van der Waals surface area contributed by atoms with Gasteiger partial charge in [-0.1, -0.05) is 25.7 Å². The van der Waals surface area contributed by atoms with E-state index in [0.717, 1.165) is 50.3 Å². The summed E-state index contributed by atoms with van der Waals surface area (Å²) in [6.07, 6.45) is 9.32. The van der Waals surface area contributed by atoms with Crippen LogP contribution >= 0.6 is 24.8 Å². The van der Waals surface area contributed by atoms with Crippen molar-refractivity contribution in [2.45, 2.75) is 57.4 Å². The second-order valence-corrected chi connectivity index (χ2v) is 7.66. The summed E-state index contributed by atoms with van der Waals surface area (Å²) < 4.78 is 0. The summed E-state index contributed by atoms with van der Waals surface area (Å²) in [5.41, 5.74) is 1.52. The Balaban J connectivity index is 0.00000210. The van der Waals surface area contributed by atoms with Crippen LogP contribution in [-0.2, 0) is 9.59 Å². The van der Waals surface area contributed by atoms with Gasteiger partial charge in [-0.05, 0) is 69.6 Å². The summed E-state index contributed by atoms with van der Waals surface area (Å²) in [5.74, 6) is 0.0438. The van der Waals surface area contributed by atoms with Crippen LogP contribution in [-0.4, -0.2) is 48.9 Å². The molecule has 2 fully saturated rings. The van der Waals surface area contributed by atoms with Crippen molar-refractivity contribution in [3.63, 3.8) is 0 Å². The van der Waals surface area contributed by atoms with Gasteiger partial charge in [0.25, 0.3) is 0 Å². The Hall–Kier alpha value is -1.34. The molecule has 3 N–H and O–H groups in total. The third-order valence-corrected chi connectivity index (χ3v) is 5.38.